The lowest BCUT2D eigenvalue weighted by molar-refractivity contribution is -0.122. The summed E-state index contributed by atoms with van der Waals surface area (Å²) in [5.41, 5.74) is 6.69. The minimum Gasteiger partial charge on any atom is -0.369 e. The van der Waals surface area contributed by atoms with Crippen LogP contribution >= 0.6 is 0 Å². The van der Waals surface area contributed by atoms with Gasteiger partial charge < -0.3 is 5.73 Å². The first-order valence-electron chi connectivity index (χ1n) is 5.93. The molecule has 0 aromatic heterocycles. The minimum atomic E-state index is -0.162. The van der Waals surface area contributed by atoms with E-state index in [0.29, 0.717) is 5.92 Å². The van der Waals surface area contributed by atoms with Crippen LogP contribution in [0.1, 0.15) is 32.3 Å². The normalized spacial score (nSPS) is 12.7. The molecule has 0 spiro atoms. The van der Waals surface area contributed by atoms with E-state index in [4.69, 9.17) is 5.73 Å². The van der Waals surface area contributed by atoms with E-state index in [0.717, 1.165) is 19.3 Å². The van der Waals surface area contributed by atoms with Gasteiger partial charge in [-0.05, 0) is 30.7 Å². The molecule has 1 unspecified atom stereocenters. The van der Waals surface area contributed by atoms with Crippen LogP contribution in [0.4, 0.5) is 0 Å². The third kappa shape index (κ3) is 4.47. The van der Waals surface area contributed by atoms with E-state index in [9.17, 15) is 4.79 Å². The van der Waals surface area contributed by atoms with E-state index < -0.39 is 0 Å². The highest BCUT2D eigenvalue weighted by Gasteiger charge is 2.16. The van der Waals surface area contributed by atoms with Gasteiger partial charge in [0.05, 0.1) is 0 Å². The molecular formula is C14H21NO. The molecule has 2 nitrogen and oxygen atoms in total. The fraction of sp³-hybridized carbons (Fsp3) is 0.500. The first-order chi connectivity index (χ1) is 7.59. The first kappa shape index (κ1) is 12.8. The molecule has 1 atom stereocenters. The number of carbonyl (C=O) groups excluding carboxylic acids is 1. The van der Waals surface area contributed by atoms with Crippen molar-refractivity contribution in [1.82, 2.24) is 0 Å². The number of nitrogens with two attached hydrogens (primary N) is 1. The number of hydrogen-bond acceptors (Lipinski definition) is 1. The van der Waals surface area contributed by atoms with Gasteiger partial charge in [-0.2, -0.15) is 0 Å². The average molecular weight is 219 g/mol. The molecule has 88 valence electrons. The Bertz CT molecular complexity index is 319. The Morgan fingerprint density at radius 1 is 1.25 bits per heavy atom. The highest BCUT2D eigenvalue weighted by atomic mass is 16.1. The molecule has 0 bridgehead atoms. The van der Waals surface area contributed by atoms with Crippen LogP contribution in [0.15, 0.2) is 30.3 Å². The van der Waals surface area contributed by atoms with Gasteiger partial charge in [0.25, 0.3) is 0 Å². The molecule has 1 aromatic rings. The van der Waals surface area contributed by atoms with Gasteiger partial charge in [-0.1, -0.05) is 44.2 Å². The van der Waals surface area contributed by atoms with Crippen LogP contribution < -0.4 is 5.73 Å². The number of benzene rings is 1. The highest BCUT2D eigenvalue weighted by molar-refractivity contribution is 5.76. The third-order valence-corrected chi connectivity index (χ3v) is 2.78. The maximum absolute atomic E-state index is 11.3. The summed E-state index contributed by atoms with van der Waals surface area (Å²) in [5.74, 6) is 0.373. The fourth-order valence-electron chi connectivity index (χ4n) is 1.93. The van der Waals surface area contributed by atoms with Crippen LogP contribution in [0.5, 0.6) is 0 Å². The van der Waals surface area contributed by atoms with Gasteiger partial charge in [0.1, 0.15) is 0 Å². The van der Waals surface area contributed by atoms with Crippen LogP contribution in [0.2, 0.25) is 0 Å². The number of hydrogen-bond donors (Lipinski definition) is 1. The zero-order valence-electron chi connectivity index (χ0n) is 10.1. The van der Waals surface area contributed by atoms with Crippen LogP contribution in [-0.4, -0.2) is 5.91 Å². The Morgan fingerprint density at radius 2 is 1.88 bits per heavy atom. The Labute approximate surface area is 97.9 Å². The zero-order valence-corrected chi connectivity index (χ0v) is 10.1. The van der Waals surface area contributed by atoms with Crippen LogP contribution in [0, 0.1) is 11.8 Å². The van der Waals surface area contributed by atoms with E-state index in [-0.39, 0.29) is 11.8 Å². The van der Waals surface area contributed by atoms with Crippen molar-refractivity contribution in [2.45, 2.75) is 33.1 Å². The summed E-state index contributed by atoms with van der Waals surface area (Å²) in [4.78, 5) is 11.3. The van der Waals surface area contributed by atoms with Crippen LogP contribution in [-0.2, 0) is 11.2 Å². The molecule has 1 aromatic carbocycles. The van der Waals surface area contributed by atoms with Crippen molar-refractivity contribution in [1.29, 1.82) is 0 Å². The minimum absolute atomic E-state index is 0.0141. The van der Waals surface area contributed by atoms with E-state index in [2.05, 4.69) is 26.0 Å². The zero-order chi connectivity index (χ0) is 12.0. The van der Waals surface area contributed by atoms with Crippen molar-refractivity contribution in [3.63, 3.8) is 0 Å². The van der Waals surface area contributed by atoms with Crippen LogP contribution in [0.25, 0.3) is 0 Å². The van der Waals surface area contributed by atoms with Crippen molar-refractivity contribution in [2.24, 2.45) is 17.6 Å². The monoisotopic (exact) mass is 219 g/mol. The van der Waals surface area contributed by atoms with E-state index in [1.807, 2.05) is 18.2 Å². The molecule has 0 aliphatic rings. The SMILES string of the molecule is CC(C)CC(CCc1ccccc1)C(N)=O. The predicted molar refractivity (Wildman–Crippen MR) is 66.9 cm³/mol. The maximum atomic E-state index is 11.3. The summed E-state index contributed by atoms with van der Waals surface area (Å²) >= 11 is 0. The summed E-state index contributed by atoms with van der Waals surface area (Å²) < 4.78 is 0. The second kappa shape index (κ2) is 6.31. The van der Waals surface area contributed by atoms with Gasteiger partial charge in [0.2, 0.25) is 5.91 Å². The molecule has 0 aliphatic carbocycles. The predicted octanol–water partition coefficient (Wildman–Crippen LogP) is 2.77. The third-order valence-electron chi connectivity index (χ3n) is 2.78. The molecule has 0 heterocycles. The lowest BCUT2D eigenvalue weighted by Crippen LogP contribution is -2.25. The van der Waals surface area contributed by atoms with Gasteiger partial charge in [-0.15, -0.1) is 0 Å². The van der Waals surface area contributed by atoms with Gasteiger partial charge in [0, 0.05) is 5.92 Å². The highest BCUT2D eigenvalue weighted by Crippen LogP contribution is 2.17. The van der Waals surface area contributed by atoms with Crippen molar-refractivity contribution in [3.05, 3.63) is 35.9 Å². The Morgan fingerprint density at radius 3 is 2.38 bits per heavy atom. The van der Waals surface area contributed by atoms with E-state index in [1.165, 1.54) is 5.56 Å². The van der Waals surface area contributed by atoms with Crippen molar-refractivity contribution >= 4 is 5.91 Å². The molecule has 0 aliphatic heterocycles. The van der Waals surface area contributed by atoms with E-state index >= 15 is 0 Å². The van der Waals surface area contributed by atoms with Crippen molar-refractivity contribution in [2.75, 3.05) is 0 Å². The summed E-state index contributed by atoms with van der Waals surface area (Å²) in [6, 6.07) is 10.2. The first-order valence-corrected chi connectivity index (χ1v) is 5.93. The molecule has 2 N–H and O–H groups in total. The number of primary amides is 1. The standard InChI is InChI=1S/C14H21NO/c1-11(2)10-13(14(15)16)9-8-12-6-4-3-5-7-12/h3-7,11,13H,8-10H2,1-2H3,(H2,15,16). The number of amides is 1. The molecule has 1 amide bonds. The molecule has 0 saturated heterocycles. The fourth-order valence-corrected chi connectivity index (χ4v) is 1.93. The van der Waals surface area contributed by atoms with Crippen molar-refractivity contribution < 1.29 is 4.79 Å². The topological polar surface area (TPSA) is 43.1 Å². The molecule has 0 fully saturated rings. The molecule has 16 heavy (non-hydrogen) atoms. The van der Waals surface area contributed by atoms with Gasteiger partial charge in [-0.25, -0.2) is 0 Å². The van der Waals surface area contributed by atoms with Crippen molar-refractivity contribution in [3.8, 4) is 0 Å². The quantitative estimate of drug-likeness (QED) is 0.785. The average Bonchev–Trinajstić information content (AvgIpc) is 2.25. The van der Waals surface area contributed by atoms with Crippen LogP contribution in [0.3, 0.4) is 0 Å². The van der Waals surface area contributed by atoms with Gasteiger partial charge in [-0.3, -0.25) is 4.79 Å². The Kier molecular flexibility index (Phi) is 5.03. The summed E-state index contributed by atoms with van der Waals surface area (Å²) in [7, 11) is 0. The lowest BCUT2D eigenvalue weighted by atomic mass is 9.91. The van der Waals surface area contributed by atoms with E-state index in [1.54, 1.807) is 0 Å². The molecule has 2 heteroatoms. The summed E-state index contributed by atoms with van der Waals surface area (Å²) in [5, 5.41) is 0. The second-order valence-electron chi connectivity index (χ2n) is 4.75. The molecule has 0 radical (unpaired) electrons. The molecule has 0 saturated carbocycles. The number of rotatable bonds is 6. The maximum Gasteiger partial charge on any atom is 0.220 e. The number of carbonyl (C=O) groups is 1. The second-order valence-corrected chi connectivity index (χ2v) is 4.75. The molecule has 1 rings (SSSR count). The smallest absolute Gasteiger partial charge is 0.220 e. The van der Waals surface area contributed by atoms with Gasteiger partial charge in [0.15, 0.2) is 0 Å². The summed E-state index contributed by atoms with van der Waals surface area (Å²) in [6.45, 7) is 4.25. The Balaban J connectivity index is 2.47. The number of aryl methyl sites for hydroxylation is 1. The summed E-state index contributed by atoms with van der Waals surface area (Å²) in [6.07, 6.45) is 2.68. The molecular weight excluding hydrogens is 198 g/mol. The lowest BCUT2D eigenvalue weighted by Gasteiger charge is -2.15. The Hall–Kier alpha value is -1.31. The van der Waals surface area contributed by atoms with Gasteiger partial charge >= 0.3 is 0 Å². The largest absolute Gasteiger partial charge is 0.369 e.